The first-order valence-electron chi connectivity index (χ1n) is 13.9. The smallest absolute Gasteiger partial charge is 0.253 e. The van der Waals surface area contributed by atoms with Crippen LogP contribution in [0.15, 0.2) is 77.4 Å². The minimum absolute atomic E-state index is 0.0417. The van der Waals surface area contributed by atoms with Gasteiger partial charge < -0.3 is 29.2 Å². The Morgan fingerprint density at radius 1 is 1.00 bits per heavy atom. The molecule has 0 saturated carbocycles. The van der Waals surface area contributed by atoms with Crippen molar-refractivity contribution in [2.24, 2.45) is 0 Å². The predicted molar refractivity (Wildman–Crippen MR) is 151 cm³/mol. The van der Waals surface area contributed by atoms with Gasteiger partial charge in [0.05, 0.1) is 26.1 Å². The molecule has 5 rings (SSSR count). The highest BCUT2D eigenvalue weighted by atomic mass is 16.5. The lowest BCUT2D eigenvalue weighted by Gasteiger charge is -2.43. The molecule has 1 N–H and O–H groups in total. The third-order valence-corrected chi connectivity index (χ3v) is 7.70. The fraction of sp³-hybridized carbons (Fsp3) is 0.387. The molecule has 1 spiro atoms. The third-order valence-electron chi connectivity index (χ3n) is 7.70. The lowest BCUT2D eigenvalue weighted by Crippen LogP contribution is -2.57. The lowest BCUT2D eigenvalue weighted by molar-refractivity contribution is -0.137. The van der Waals surface area contributed by atoms with Crippen molar-refractivity contribution >= 4 is 23.4 Å². The number of para-hydroxylation sites is 1. The van der Waals surface area contributed by atoms with E-state index < -0.39 is 5.54 Å². The predicted octanol–water partition coefficient (Wildman–Crippen LogP) is 4.06. The van der Waals surface area contributed by atoms with E-state index in [4.69, 9.17) is 9.15 Å². The Bertz CT molecular complexity index is 1290. The number of unbranched alkanes of at least 4 members (excludes halogenated alkanes) is 1. The third kappa shape index (κ3) is 5.83. The average Bonchev–Trinajstić information content (AvgIpc) is 3.60. The molecule has 1 aromatic heterocycles. The number of rotatable bonds is 10. The van der Waals surface area contributed by atoms with Crippen molar-refractivity contribution in [3.05, 3.63) is 84.3 Å². The molecular weight excluding hydrogens is 508 g/mol. The van der Waals surface area contributed by atoms with E-state index in [0.29, 0.717) is 50.5 Å². The van der Waals surface area contributed by atoms with E-state index in [2.05, 4.69) is 17.1 Å². The number of carbonyl (C=O) groups excluding carboxylic acids is 3. The van der Waals surface area contributed by atoms with Crippen LogP contribution >= 0.6 is 0 Å². The molecule has 40 heavy (non-hydrogen) atoms. The SMILES string of the molecule is CCCCOc1ccc(C(=O)N2CCC3(CC2)C(=O)N(CC(=O)NCc2ccco2)CN3c2ccccc2)cc1. The number of nitrogens with one attached hydrogen (secondary N) is 1. The van der Waals surface area contributed by atoms with Gasteiger partial charge in [0, 0.05) is 24.3 Å². The van der Waals surface area contributed by atoms with Crippen molar-refractivity contribution in [2.75, 3.05) is 37.8 Å². The number of ether oxygens (including phenoxy) is 1. The maximum absolute atomic E-state index is 13.9. The van der Waals surface area contributed by atoms with Gasteiger partial charge >= 0.3 is 0 Å². The van der Waals surface area contributed by atoms with Gasteiger partial charge in [-0.3, -0.25) is 14.4 Å². The molecule has 0 unspecified atom stereocenters. The summed E-state index contributed by atoms with van der Waals surface area (Å²) < 4.78 is 11.0. The molecule has 2 aromatic carbocycles. The van der Waals surface area contributed by atoms with Crippen LogP contribution in [0.1, 0.15) is 48.7 Å². The fourth-order valence-corrected chi connectivity index (χ4v) is 5.44. The molecule has 0 radical (unpaired) electrons. The molecule has 3 amide bonds. The first-order valence-corrected chi connectivity index (χ1v) is 13.9. The van der Waals surface area contributed by atoms with Gasteiger partial charge in [-0.05, 0) is 67.8 Å². The minimum atomic E-state index is -0.809. The van der Waals surface area contributed by atoms with Crippen LogP contribution in [-0.4, -0.2) is 66.0 Å². The van der Waals surface area contributed by atoms with Crippen molar-refractivity contribution in [1.82, 2.24) is 15.1 Å². The van der Waals surface area contributed by atoms with E-state index in [0.717, 1.165) is 24.3 Å². The second-order valence-corrected chi connectivity index (χ2v) is 10.3. The summed E-state index contributed by atoms with van der Waals surface area (Å²) in [5, 5.41) is 2.83. The number of hydrogen-bond donors (Lipinski definition) is 1. The molecule has 3 heterocycles. The zero-order valence-electron chi connectivity index (χ0n) is 22.9. The molecule has 210 valence electrons. The van der Waals surface area contributed by atoms with Crippen LogP contribution in [0.5, 0.6) is 5.75 Å². The zero-order valence-corrected chi connectivity index (χ0v) is 22.9. The summed E-state index contributed by atoms with van der Waals surface area (Å²) >= 11 is 0. The van der Waals surface area contributed by atoms with Gasteiger partial charge in [-0.25, -0.2) is 0 Å². The lowest BCUT2D eigenvalue weighted by atomic mass is 9.85. The van der Waals surface area contributed by atoms with Crippen molar-refractivity contribution in [3.63, 3.8) is 0 Å². The number of anilines is 1. The summed E-state index contributed by atoms with van der Waals surface area (Å²) in [5.41, 5.74) is 0.718. The zero-order chi connectivity index (χ0) is 28.0. The second kappa shape index (κ2) is 12.3. The normalized spacial score (nSPS) is 16.4. The van der Waals surface area contributed by atoms with E-state index in [1.807, 2.05) is 47.4 Å². The largest absolute Gasteiger partial charge is 0.494 e. The number of benzene rings is 2. The molecule has 9 nitrogen and oxygen atoms in total. The minimum Gasteiger partial charge on any atom is -0.494 e. The first-order chi connectivity index (χ1) is 19.5. The van der Waals surface area contributed by atoms with Gasteiger partial charge in [-0.2, -0.15) is 0 Å². The average molecular weight is 545 g/mol. The number of nitrogens with zero attached hydrogens (tertiary/aromatic N) is 3. The van der Waals surface area contributed by atoms with Gasteiger partial charge in [0.2, 0.25) is 5.91 Å². The molecule has 2 aliphatic heterocycles. The van der Waals surface area contributed by atoms with Crippen molar-refractivity contribution in [2.45, 2.75) is 44.7 Å². The van der Waals surface area contributed by atoms with Gasteiger partial charge in [-0.15, -0.1) is 0 Å². The van der Waals surface area contributed by atoms with Crippen LogP contribution < -0.4 is 15.0 Å². The Balaban J connectivity index is 1.25. The summed E-state index contributed by atoms with van der Waals surface area (Å²) in [6.07, 6.45) is 4.57. The topological polar surface area (TPSA) is 95.3 Å². The monoisotopic (exact) mass is 544 g/mol. The van der Waals surface area contributed by atoms with Gasteiger partial charge in [0.1, 0.15) is 23.6 Å². The molecule has 9 heteroatoms. The maximum Gasteiger partial charge on any atom is 0.253 e. The summed E-state index contributed by atoms with van der Waals surface area (Å²) in [6, 6.07) is 20.6. The molecule has 0 aliphatic carbocycles. The van der Waals surface area contributed by atoms with E-state index in [1.165, 1.54) is 0 Å². The highest BCUT2D eigenvalue weighted by molar-refractivity contribution is 5.97. The number of hydrogen-bond acceptors (Lipinski definition) is 6. The number of piperidine rings is 1. The molecule has 2 aliphatic rings. The van der Waals surface area contributed by atoms with Crippen LogP contribution in [0, 0.1) is 0 Å². The molecule has 0 bridgehead atoms. The Kier molecular flexibility index (Phi) is 8.38. The van der Waals surface area contributed by atoms with Crippen LogP contribution in [0.2, 0.25) is 0 Å². The Morgan fingerprint density at radius 3 is 2.42 bits per heavy atom. The standard InChI is InChI=1S/C31H36N4O5/c1-2-3-19-39-26-13-11-24(12-14-26)29(37)33-17-15-31(16-18-33)30(38)34(23-35(31)25-8-5-4-6-9-25)22-28(36)32-21-27-10-7-20-40-27/h4-14,20H,2-3,15-19,21-23H2,1H3,(H,32,36). The summed E-state index contributed by atoms with van der Waals surface area (Å²) in [6.45, 7) is 4.20. The maximum atomic E-state index is 13.9. The quantitative estimate of drug-likeness (QED) is 0.387. The van der Waals surface area contributed by atoms with Crippen molar-refractivity contribution < 1.29 is 23.5 Å². The number of furan rings is 1. The van der Waals surface area contributed by atoms with Crippen LogP contribution in [-0.2, 0) is 16.1 Å². The van der Waals surface area contributed by atoms with Gasteiger partial charge in [0.15, 0.2) is 0 Å². The molecule has 0 atom stereocenters. The van der Waals surface area contributed by atoms with Crippen LogP contribution in [0.3, 0.4) is 0 Å². The molecule has 2 fully saturated rings. The van der Waals surface area contributed by atoms with E-state index >= 15 is 0 Å². The Morgan fingerprint density at radius 2 is 1.75 bits per heavy atom. The Hall–Kier alpha value is -4.27. The number of amides is 3. The number of likely N-dealkylation sites (tertiary alicyclic amines) is 1. The first kappa shape index (κ1) is 27.3. The summed E-state index contributed by atoms with van der Waals surface area (Å²) in [7, 11) is 0. The molecule has 2 saturated heterocycles. The summed E-state index contributed by atoms with van der Waals surface area (Å²) in [5.74, 6) is 1.03. The second-order valence-electron chi connectivity index (χ2n) is 10.3. The Labute approximate surface area is 234 Å². The highest BCUT2D eigenvalue weighted by Crippen LogP contribution is 2.39. The van der Waals surface area contributed by atoms with Gasteiger partial charge in [0.25, 0.3) is 11.8 Å². The van der Waals surface area contributed by atoms with E-state index in [1.54, 1.807) is 35.4 Å². The van der Waals surface area contributed by atoms with Crippen molar-refractivity contribution in [3.8, 4) is 5.75 Å². The number of carbonyl (C=O) groups is 3. The van der Waals surface area contributed by atoms with E-state index in [9.17, 15) is 14.4 Å². The summed E-state index contributed by atoms with van der Waals surface area (Å²) in [4.78, 5) is 45.4. The van der Waals surface area contributed by atoms with Gasteiger partial charge in [-0.1, -0.05) is 31.5 Å². The molecular formula is C31H36N4O5. The van der Waals surface area contributed by atoms with Crippen LogP contribution in [0.25, 0.3) is 0 Å². The molecule has 3 aromatic rings. The highest BCUT2D eigenvalue weighted by Gasteiger charge is 2.54. The van der Waals surface area contributed by atoms with Crippen LogP contribution in [0.4, 0.5) is 5.69 Å². The van der Waals surface area contributed by atoms with Crippen molar-refractivity contribution in [1.29, 1.82) is 0 Å². The fourth-order valence-electron chi connectivity index (χ4n) is 5.44. The van der Waals surface area contributed by atoms with E-state index in [-0.39, 0.29) is 30.8 Å².